The van der Waals surface area contributed by atoms with Crippen LogP contribution in [0.25, 0.3) is 0 Å². The lowest BCUT2D eigenvalue weighted by Gasteiger charge is -2.21. The van der Waals surface area contributed by atoms with Crippen LogP contribution in [-0.4, -0.2) is 96.7 Å². The van der Waals surface area contributed by atoms with Crippen molar-refractivity contribution in [1.82, 2.24) is 0 Å². The average molecular weight is 1240 g/mol. The number of carbonyl (C=O) groups is 4. The minimum Gasteiger partial charge on any atom is -0.462 e. The molecule has 0 aromatic carbocycles. The van der Waals surface area contributed by atoms with Gasteiger partial charge >= 0.3 is 39.5 Å². The molecular formula is C65H126O17P2. The minimum atomic E-state index is -4.95. The summed E-state index contributed by atoms with van der Waals surface area (Å²) in [4.78, 5) is 72.2. The molecule has 498 valence electrons. The van der Waals surface area contributed by atoms with Crippen LogP contribution in [0.4, 0.5) is 0 Å². The predicted octanol–water partition coefficient (Wildman–Crippen LogP) is 18.0. The molecule has 0 radical (unpaired) electrons. The van der Waals surface area contributed by atoms with Crippen molar-refractivity contribution in [2.75, 3.05) is 39.6 Å². The fourth-order valence-corrected chi connectivity index (χ4v) is 11.3. The van der Waals surface area contributed by atoms with Gasteiger partial charge in [0.1, 0.15) is 19.3 Å². The van der Waals surface area contributed by atoms with Gasteiger partial charge in [-0.05, 0) is 37.5 Å². The zero-order valence-corrected chi connectivity index (χ0v) is 56.0. The topological polar surface area (TPSA) is 237 Å². The summed E-state index contributed by atoms with van der Waals surface area (Å²) in [5.41, 5.74) is 0. The Balaban J connectivity index is 5.24. The summed E-state index contributed by atoms with van der Waals surface area (Å²) < 4.78 is 68.0. The third-order valence-corrected chi connectivity index (χ3v) is 17.2. The van der Waals surface area contributed by atoms with E-state index >= 15 is 0 Å². The number of aliphatic hydroxyl groups is 1. The molecular weight excluding hydrogens is 1110 g/mol. The number of hydrogen-bond acceptors (Lipinski definition) is 15. The second-order valence-electron chi connectivity index (χ2n) is 24.2. The summed E-state index contributed by atoms with van der Waals surface area (Å²) >= 11 is 0. The lowest BCUT2D eigenvalue weighted by atomic mass is 9.99. The molecule has 84 heavy (non-hydrogen) atoms. The molecule has 3 N–H and O–H groups in total. The van der Waals surface area contributed by atoms with Gasteiger partial charge in [0.15, 0.2) is 12.2 Å². The standard InChI is InChI=1S/C65H126O17P2/c1-7-10-12-14-16-18-23-31-37-43-49-64(69)81-60(53-75-62(67)47-41-35-29-21-17-15-13-11-8-2)55-79-83(71,72)77-51-59(66)52-78-84(73,74)80-56-61(54-76-63(68)48-42-36-30-26-25-27-33-39-45-57(4)5)82-65(70)50-44-38-32-24-20-19-22-28-34-40-46-58(6)9-3/h57-61,66H,7-56H2,1-6H3,(H,71,72)(H,73,74)/t58?,59-,60+,61+/m0/s1. The molecule has 17 nitrogen and oxygen atoms in total. The van der Waals surface area contributed by atoms with Gasteiger partial charge in [0.25, 0.3) is 0 Å². The molecule has 0 aliphatic carbocycles. The molecule has 0 rings (SSSR count). The maximum Gasteiger partial charge on any atom is 0.472 e. The SMILES string of the molecule is CCCCCCCCCCCCC(=O)O[C@H](COC(=O)CCCCCCCCCCC)COP(=O)(O)OC[C@H](O)COP(=O)(O)OC[C@@H](COC(=O)CCCCCCCCCCC(C)C)OC(=O)CCCCCCCCCCCCC(C)CC. The lowest BCUT2D eigenvalue weighted by molar-refractivity contribution is -0.161. The molecule has 0 aromatic heterocycles. The molecule has 0 saturated heterocycles. The van der Waals surface area contributed by atoms with E-state index in [1.165, 1.54) is 141 Å². The third kappa shape index (κ3) is 57.8. The summed E-state index contributed by atoms with van der Waals surface area (Å²) in [7, 11) is -9.89. The Morgan fingerprint density at radius 2 is 0.607 bits per heavy atom. The Kier molecular flexibility index (Phi) is 56.2. The smallest absolute Gasteiger partial charge is 0.462 e. The van der Waals surface area contributed by atoms with E-state index in [1.54, 1.807) is 0 Å². The predicted molar refractivity (Wildman–Crippen MR) is 335 cm³/mol. The van der Waals surface area contributed by atoms with E-state index in [1.807, 2.05) is 0 Å². The highest BCUT2D eigenvalue weighted by Gasteiger charge is 2.30. The fourth-order valence-electron chi connectivity index (χ4n) is 9.68. The largest absolute Gasteiger partial charge is 0.472 e. The van der Waals surface area contributed by atoms with E-state index in [4.69, 9.17) is 37.0 Å². The van der Waals surface area contributed by atoms with Gasteiger partial charge in [-0.2, -0.15) is 0 Å². The quantitative estimate of drug-likeness (QED) is 0.0222. The van der Waals surface area contributed by atoms with Crippen LogP contribution in [0.1, 0.15) is 324 Å². The Morgan fingerprint density at radius 1 is 0.345 bits per heavy atom. The molecule has 0 bridgehead atoms. The highest BCUT2D eigenvalue weighted by Crippen LogP contribution is 2.45. The van der Waals surface area contributed by atoms with Crippen LogP contribution in [0.2, 0.25) is 0 Å². The Morgan fingerprint density at radius 3 is 0.905 bits per heavy atom. The Labute approximate surface area is 511 Å². The molecule has 0 aromatic rings. The molecule has 0 saturated carbocycles. The van der Waals surface area contributed by atoms with Crippen molar-refractivity contribution in [2.45, 2.75) is 342 Å². The van der Waals surface area contributed by atoms with Crippen LogP contribution in [0.15, 0.2) is 0 Å². The lowest BCUT2D eigenvalue weighted by Crippen LogP contribution is -2.30. The van der Waals surface area contributed by atoms with Crippen LogP contribution in [0.5, 0.6) is 0 Å². The number of unbranched alkanes of at least 4 members (excludes halogenated alkanes) is 33. The fraction of sp³-hybridized carbons (Fsp3) is 0.938. The normalized spacial score (nSPS) is 14.6. The van der Waals surface area contributed by atoms with Crippen molar-refractivity contribution in [3.8, 4) is 0 Å². The van der Waals surface area contributed by atoms with Gasteiger partial charge in [0, 0.05) is 25.7 Å². The summed E-state index contributed by atoms with van der Waals surface area (Å²) in [5.74, 6) is -0.604. The number of aliphatic hydroxyl groups excluding tert-OH is 1. The summed E-state index contributed by atoms with van der Waals surface area (Å²) in [5, 5.41) is 10.5. The van der Waals surface area contributed by atoms with Crippen molar-refractivity contribution in [3.05, 3.63) is 0 Å². The number of phosphoric ester groups is 2. The van der Waals surface area contributed by atoms with Crippen LogP contribution in [0.3, 0.4) is 0 Å². The molecule has 0 aliphatic heterocycles. The van der Waals surface area contributed by atoms with Crippen LogP contribution in [-0.2, 0) is 65.4 Å². The number of phosphoric acid groups is 2. The van der Waals surface area contributed by atoms with Gasteiger partial charge in [0.05, 0.1) is 26.4 Å². The first-order chi connectivity index (χ1) is 40.4. The van der Waals surface area contributed by atoms with Crippen molar-refractivity contribution in [3.63, 3.8) is 0 Å². The zero-order chi connectivity index (χ0) is 62.2. The van der Waals surface area contributed by atoms with E-state index in [0.717, 1.165) is 102 Å². The highest BCUT2D eigenvalue weighted by molar-refractivity contribution is 7.47. The number of ether oxygens (including phenoxy) is 4. The molecule has 0 heterocycles. The number of carbonyl (C=O) groups excluding carboxylic acids is 4. The van der Waals surface area contributed by atoms with Crippen molar-refractivity contribution < 1.29 is 80.2 Å². The van der Waals surface area contributed by atoms with Crippen LogP contribution >= 0.6 is 15.6 Å². The Hall–Kier alpha value is -1.94. The highest BCUT2D eigenvalue weighted by atomic mass is 31.2. The molecule has 0 amide bonds. The van der Waals surface area contributed by atoms with E-state index in [-0.39, 0.29) is 25.7 Å². The van der Waals surface area contributed by atoms with Gasteiger partial charge in [-0.15, -0.1) is 0 Å². The monoisotopic (exact) mass is 1240 g/mol. The van der Waals surface area contributed by atoms with E-state index in [0.29, 0.717) is 25.7 Å². The van der Waals surface area contributed by atoms with E-state index < -0.39 is 97.5 Å². The minimum absolute atomic E-state index is 0.106. The maximum absolute atomic E-state index is 13.0. The van der Waals surface area contributed by atoms with Crippen LogP contribution < -0.4 is 0 Å². The van der Waals surface area contributed by atoms with E-state index in [9.17, 15) is 43.2 Å². The first kappa shape index (κ1) is 82.1. The van der Waals surface area contributed by atoms with Gasteiger partial charge in [-0.25, -0.2) is 9.13 Å². The molecule has 19 heteroatoms. The van der Waals surface area contributed by atoms with Crippen molar-refractivity contribution in [2.24, 2.45) is 11.8 Å². The van der Waals surface area contributed by atoms with Crippen molar-refractivity contribution in [1.29, 1.82) is 0 Å². The van der Waals surface area contributed by atoms with Gasteiger partial charge in [-0.3, -0.25) is 37.3 Å². The van der Waals surface area contributed by atoms with Gasteiger partial charge < -0.3 is 33.8 Å². The maximum atomic E-state index is 13.0. The van der Waals surface area contributed by atoms with Crippen LogP contribution in [0, 0.1) is 11.8 Å². The number of rotatable bonds is 64. The molecule has 6 atom stereocenters. The first-order valence-electron chi connectivity index (χ1n) is 34.0. The molecule has 0 aliphatic rings. The van der Waals surface area contributed by atoms with Crippen molar-refractivity contribution >= 4 is 39.5 Å². The summed E-state index contributed by atoms with van der Waals surface area (Å²) in [6, 6.07) is 0. The molecule has 0 spiro atoms. The Bertz CT molecular complexity index is 1650. The summed E-state index contributed by atoms with van der Waals surface area (Å²) in [6.45, 7) is 9.47. The average Bonchev–Trinajstić information content (AvgIpc) is 3.55. The second-order valence-corrected chi connectivity index (χ2v) is 27.1. The van der Waals surface area contributed by atoms with Gasteiger partial charge in [0.2, 0.25) is 0 Å². The van der Waals surface area contributed by atoms with E-state index in [2.05, 4.69) is 41.5 Å². The zero-order valence-electron chi connectivity index (χ0n) is 54.2. The second kappa shape index (κ2) is 57.5. The number of hydrogen-bond donors (Lipinski definition) is 3. The molecule has 3 unspecified atom stereocenters. The third-order valence-electron chi connectivity index (χ3n) is 15.3. The molecule has 0 fully saturated rings. The number of esters is 4. The first-order valence-corrected chi connectivity index (χ1v) is 37.0. The summed E-state index contributed by atoms with van der Waals surface area (Å²) in [6.07, 6.45) is 40.2. The van der Waals surface area contributed by atoms with Gasteiger partial charge in [-0.1, -0.05) is 273 Å².